The van der Waals surface area contributed by atoms with Crippen molar-refractivity contribution in [3.63, 3.8) is 0 Å². The van der Waals surface area contributed by atoms with Gasteiger partial charge in [-0.3, -0.25) is 14.6 Å². The molecule has 1 aliphatic rings. The van der Waals surface area contributed by atoms with E-state index in [1.807, 2.05) is 30.3 Å². The van der Waals surface area contributed by atoms with Gasteiger partial charge in [0.25, 0.3) is 5.91 Å². The summed E-state index contributed by atoms with van der Waals surface area (Å²) >= 11 is 0. The summed E-state index contributed by atoms with van der Waals surface area (Å²) in [5.41, 5.74) is 5.51. The van der Waals surface area contributed by atoms with Crippen LogP contribution in [0.3, 0.4) is 0 Å². The molecule has 8 heteroatoms. The van der Waals surface area contributed by atoms with Crippen LogP contribution in [-0.2, 0) is 16.0 Å². The van der Waals surface area contributed by atoms with E-state index < -0.39 is 11.9 Å². The van der Waals surface area contributed by atoms with Crippen molar-refractivity contribution >= 4 is 23.5 Å². The van der Waals surface area contributed by atoms with E-state index in [4.69, 9.17) is 5.11 Å². The van der Waals surface area contributed by atoms with Gasteiger partial charge in [-0.15, -0.1) is 0 Å². The molecule has 0 spiro atoms. The lowest BCUT2D eigenvalue weighted by Gasteiger charge is -2.11. The van der Waals surface area contributed by atoms with Gasteiger partial charge < -0.3 is 20.7 Å². The minimum absolute atomic E-state index is 0.0659. The number of nitrogens with one attached hydrogen (secondary N) is 3. The SMILES string of the molecule is O=C(O)/C=C\C(=O)Nc1ccc(-c2cc(-c3cc4c([nH]3)CCNC4=O)ccn2)cc1. The summed E-state index contributed by atoms with van der Waals surface area (Å²) in [4.78, 5) is 41.9. The number of amides is 2. The van der Waals surface area contributed by atoms with E-state index in [2.05, 4.69) is 20.6 Å². The van der Waals surface area contributed by atoms with Crippen LogP contribution in [0.5, 0.6) is 0 Å². The Balaban J connectivity index is 1.54. The Labute approximate surface area is 171 Å². The summed E-state index contributed by atoms with van der Waals surface area (Å²) < 4.78 is 0. The number of nitrogens with zero attached hydrogens (tertiary/aromatic N) is 1. The molecule has 3 heterocycles. The van der Waals surface area contributed by atoms with E-state index in [0.717, 1.165) is 46.8 Å². The summed E-state index contributed by atoms with van der Waals surface area (Å²) in [5, 5.41) is 14.0. The van der Waals surface area contributed by atoms with Crippen molar-refractivity contribution in [1.82, 2.24) is 15.3 Å². The monoisotopic (exact) mass is 402 g/mol. The zero-order valence-electron chi connectivity index (χ0n) is 15.8. The van der Waals surface area contributed by atoms with Crippen molar-refractivity contribution in [2.24, 2.45) is 0 Å². The Bertz CT molecular complexity index is 1160. The fourth-order valence-corrected chi connectivity index (χ4v) is 3.26. The van der Waals surface area contributed by atoms with Crippen LogP contribution in [0.4, 0.5) is 5.69 Å². The predicted octanol–water partition coefficient (Wildman–Crippen LogP) is 2.61. The van der Waals surface area contributed by atoms with Crippen molar-refractivity contribution in [2.45, 2.75) is 6.42 Å². The number of hydrogen-bond acceptors (Lipinski definition) is 4. The number of rotatable bonds is 5. The van der Waals surface area contributed by atoms with E-state index >= 15 is 0 Å². The van der Waals surface area contributed by atoms with E-state index in [9.17, 15) is 14.4 Å². The topological polar surface area (TPSA) is 124 Å². The lowest BCUT2D eigenvalue weighted by molar-refractivity contribution is -0.131. The van der Waals surface area contributed by atoms with Crippen LogP contribution in [0.15, 0.2) is 60.8 Å². The number of H-pyrrole nitrogens is 1. The van der Waals surface area contributed by atoms with E-state index in [0.29, 0.717) is 17.8 Å². The minimum atomic E-state index is -1.19. The average Bonchev–Trinajstić information content (AvgIpc) is 3.19. The second-order valence-electron chi connectivity index (χ2n) is 6.75. The molecule has 0 saturated carbocycles. The van der Waals surface area contributed by atoms with Crippen molar-refractivity contribution < 1.29 is 19.5 Å². The number of carboxylic acid groups (broad SMARTS) is 1. The van der Waals surface area contributed by atoms with Crippen LogP contribution in [0.2, 0.25) is 0 Å². The van der Waals surface area contributed by atoms with Gasteiger partial charge in [0.2, 0.25) is 5.91 Å². The molecule has 1 aromatic carbocycles. The Morgan fingerprint density at radius 1 is 1.07 bits per heavy atom. The Hall–Kier alpha value is -4.20. The van der Waals surface area contributed by atoms with Crippen LogP contribution in [0.25, 0.3) is 22.5 Å². The van der Waals surface area contributed by atoms with Gasteiger partial charge in [-0.2, -0.15) is 0 Å². The number of benzene rings is 1. The Morgan fingerprint density at radius 2 is 1.87 bits per heavy atom. The molecule has 150 valence electrons. The fourth-order valence-electron chi connectivity index (χ4n) is 3.26. The molecule has 0 fully saturated rings. The average molecular weight is 402 g/mol. The van der Waals surface area contributed by atoms with Crippen LogP contribution in [0, 0.1) is 0 Å². The number of fused-ring (bicyclic) bond motifs is 1. The van der Waals surface area contributed by atoms with Crippen molar-refractivity contribution in [1.29, 1.82) is 0 Å². The third kappa shape index (κ3) is 4.12. The molecule has 0 saturated heterocycles. The van der Waals surface area contributed by atoms with E-state index in [1.54, 1.807) is 18.3 Å². The van der Waals surface area contributed by atoms with E-state index in [-0.39, 0.29) is 5.91 Å². The number of anilines is 1. The van der Waals surface area contributed by atoms with Gasteiger partial charge in [0.05, 0.1) is 11.3 Å². The first-order valence-corrected chi connectivity index (χ1v) is 9.28. The fraction of sp³-hybridized carbons (Fsp3) is 0.0909. The second-order valence-corrected chi connectivity index (χ2v) is 6.75. The number of aliphatic carboxylic acids is 1. The number of aromatic nitrogens is 2. The van der Waals surface area contributed by atoms with Crippen LogP contribution < -0.4 is 10.6 Å². The zero-order chi connectivity index (χ0) is 21.1. The number of hydrogen-bond donors (Lipinski definition) is 4. The predicted molar refractivity (Wildman–Crippen MR) is 111 cm³/mol. The van der Waals surface area contributed by atoms with Crippen molar-refractivity contribution in [3.8, 4) is 22.5 Å². The van der Waals surface area contributed by atoms with Crippen molar-refractivity contribution in [2.75, 3.05) is 11.9 Å². The summed E-state index contributed by atoms with van der Waals surface area (Å²) in [6.07, 6.45) is 4.21. The van der Waals surface area contributed by atoms with Crippen LogP contribution >= 0.6 is 0 Å². The molecule has 0 bridgehead atoms. The minimum Gasteiger partial charge on any atom is -0.478 e. The van der Waals surface area contributed by atoms with Gasteiger partial charge >= 0.3 is 5.97 Å². The molecule has 0 atom stereocenters. The van der Waals surface area contributed by atoms with E-state index in [1.165, 1.54) is 0 Å². The maximum atomic E-state index is 12.0. The molecule has 8 nitrogen and oxygen atoms in total. The highest BCUT2D eigenvalue weighted by Gasteiger charge is 2.20. The Morgan fingerprint density at radius 3 is 2.60 bits per heavy atom. The maximum absolute atomic E-state index is 12.0. The number of pyridine rings is 1. The molecular formula is C22H18N4O4. The quantitative estimate of drug-likeness (QED) is 0.489. The van der Waals surface area contributed by atoms with Crippen molar-refractivity contribution in [3.05, 3.63) is 72.1 Å². The molecule has 2 amide bonds. The lowest BCUT2D eigenvalue weighted by Crippen LogP contribution is -2.31. The standard InChI is InChI=1S/C22H18N4O4/c27-20(5-6-21(28)29)25-15-3-1-13(2-4-15)18-11-14(7-9-23-18)19-12-16-17(26-19)8-10-24-22(16)30/h1-7,9,11-12,26H,8,10H2,(H,24,30)(H,25,27)(H,28,29)/b6-5-. The summed E-state index contributed by atoms with van der Waals surface area (Å²) in [6, 6.07) is 12.7. The first-order chi connectivity index (χ1) is 14.5. The maximum Gasteiger partial charge on any atom is 0.328 e. The van der Waals surface area contributed by atoms with Crippen LogP contribution in [-0.4, -0.2) is 39.4 Å². The molecule has 4 rings (SSSR count). The number of aromatic amines is 1. The number of carbonyl (C=O) groups is 3. The van der Waals surface area contributed by atoms with Gasteiger partial charge in [-0.1, -0.05) is 12.1 Å². The van der Waals surface area contributed by atoms with Gasteiger partial charge in [0.15, 0.2) is 0 Å². The zero-order valence-corrected chi connectivity index (χ0v) is 15.8. The Kier molecular flexibility index (Phi) is 5.13. The molecular weight excluding hydrogens is 384 g/mol. The number of carboxylic acids is 1. The molecule has 2 aromatic heterocycles. The van der Waals surface area contributed by atoms with Gasteiger partial charge in [-0.25, -0.2) is 4.79 Å². The largest absolute Gasteiger partial charge is 0.478 e. The van der Waals surface area contributed by atoms with Gasteiger partial charge in [0, 0.05) is 59.5 Å². The molecule has 0 unspecified atom stereocenters. The number of carbonyl (C=O) groups excluding carboxylic acids is 2. The normalized spacial score (nSPS) is 13.0. The summed E-state index contributed by atoms with van der Waals surface area (Å²) in [6.45, 7) is 0.627. The first kappa shape index (κ1) is 19.1. The second kappa shape index (κ2) is 8.04. The molecule has 4 N–H and O–H groups in total. The lowest BCUT2D eigenvalue weighted by atomic mass is 10.1. The smallest absolute Gasteiger partial charge is 0.328 e. The molecule has 30 heavy (non-hydrogen) atoms. The third-order valence-electron chi connectivity index (χ3n) is 4.70. The van der Waals surface area contributed by atoms with Crippen LogP contribution in [0.1, 0.15) is 16.1 Å². The molecule has 0 radical (unpaired) electrons. The molecule has 1 aliphatic heterocycles. The van der Waals surface area contributed by atoms with Gasteiger partial charge in [-0.05, 0) is 30.3 Å². The van der Waals surface area contributed by atoms with Gasteiger partial charge in [0.1, 0.15) is 0 Å². The third-order valence-corrected chi connectivity index (χ3v) is 4.70. The first-order valence-electron chi connectivity index (χ1n) is 9.28. The molecule has 3 aromatic rings. The summed E-state index contributed by atoms with van der Waals surface area (Å²) in [5.74, 6) is -1.77. The summed E-state index contributed by atoms with van der Waals surface area (Å²) in [7, 11) is 0. The highest BCUT2D eigenvalue weighted by atomic mass is 16.4. The highest BCUT2D eigenvalue weighted by Crippen LogP contribution is 2.27. The highest BCUT2D eigenvalue weighted by molar-refractivity contribution is 6.02. The molecule has 0 aliphatic carbocycles.